The van der Waals surface area contributed by atoms with Gasteiger partial charge in [-0.1, -0.05) is 19.1 Å². The van der Waals surface area contributed by atoms with Crippen LogP contribution in [0, 0.1) is 0 Å². The normalized spacial score (nSPS) is 15.1. The Hall–Kier alpha value is -1.11. The fourth-order valence-corrected chi connectivity index (χ4v) is 1.92. The molecule has 0 aromatic heterocycles. The number of aliphatic hydroxyl groups excluding tert-OH is 2. The number of aliphatic hydroxyl groups is 2. The molecule has 0 saturated heterocycles. The molecule has 2 atom stereocenters. The second-order valence-corrected chi connectivity index (χ2v) is 4.66. The van der Waals surface area contributed by atoms with Crippen LogP contribution in [0.3, 0.4) is 0 Å². The zero-order valence-corrected chi connectivity index (χ0v) is 11.3. The molecule has 0 amide bonds. The van der Waals surface area contributed by atoms with E-state index in [4.69, 9.17) is 5.11 Å². The molecule has 1 aromatic carbocycles. The van der Waals surface area contributed by atoms with Crippen molar-refractivity contribution < 1.29 is 23.4 Å². The summed E-state index contributed by atoms with van der Waals surface area (Å²) in [4.78, 5) is 0. The average molecular weight is 291 g/mol. The molecule has 0 aliphatic carbocycles. The van der Waals surface area contributed by atoms with Crippen LogP contribution >= 0.6 is 0 Å². The van der Waals surface area contributed by atoms with E-state index in [-0.39, 0.29) is 24.8 Å². The van der Waals surface area contributed by atoms with Crippen molar-refractivity contribution >= 4 is 0 Å². The lowest BCUT2D eigenvalue weighted by atomic mass is 10.0. The van der Waals surface area contributed by atoms with Gasteiger partial charge in [-0.15, -0.1) is 0 Å². The minimum absolute atomic E-state index is 0.0329. The molecule has 3 N–H and O–H groups in total. The van der Waals surface area contributed by atoms with Crippen molar-refractivity contribution in [1.82, 2.24) is 5.32 Å². The summed E-state index contributed by atoms with van der Waals surface area (Å²) in [5.41, 5.74) is -0.539. The molecule has 2 unspecified atom stereocenters. The first kappa shape index (κ1) is 16.9. The van der Waals surface area contributed by atoms with E-state index in [1.54, 1.807) is 0 Å². The van der Waals surface area contributed by atoms with Crippen molar-refractivity contribution in [3.63, 3.8) is 0 Å². The molecule has 0 aliphatic heterocycles. The summed E-state index contributed by atoms with van der Waals surface area (Å²) in [6.45, 7) is 2.12. The highest BCUT2D eigenvalue weighted by molar-refractivity contribution is 5.27. The Bertz CT molecular complexity index is 410. The summed E-state index contributed by atoms with van der Waals surface area (Å²) in [6, 6.07) is 4.73. The van der Waals surface area contributed by atoms with E-state index >= 15 is 0 Å². The lowest BCUT2D eigenvalue weighted by molar-refractivity contribution is -0.137. The molecule has 20 heavy (non-hydrogen) atoms. The standard InChI is InChI=1S/C14H20F3NO2/c1-2-12(6-7-19)18-9-13(20)10-4-3-5-11(8-10)14(15,16)17/h3-5,8,12-13,18-20H,2,6-7,9H2,1H3. The highest BCUT2D eigenvalue weighted by Gasteiger charge is 2.30. The van der Waals surface area contributed by atoms with E-state index in [9.17, 15) is 18.3 Å². The van der Waals surface area contributed by atoms with Gasteiger partial charge < -0.3 is 15.5 Å². The van der Waals surface area contributed by atoms with Gasteiger partial charge in [0.25, 0.3) is 0 Å². The molecule has 0 saturated carbocycles. The number of hydrogen-bond donors (Lipinski definition) is 3. The smallest absolute Gasteiger partial charge is 0.396 e. The van der Waals surface area contributed by atoms with Crippen LogP contribution in [-0.4, -0.2) is 29.4 Å². The first-order valence-corrected chi connectivity index (χ1v) is 6.58. The molecule has 3 nitrogen and oxygen atoms in total. The molecule has 0 aliphatic rings. The Balaban J connectivity index is 2.65. The molecule has 114 valence electrons. The van der Waals surface area contributed by atoms with E-state index in [1.165, 1.54) is 12.1 Å². The molecule has 0 spiro atoms. The Morgan fingerprint density at radius 1 is 1.30 bits per heavy atom. The van der Waals surface area contributed by atoms with Crippen molar-refractivity contribution in [2.75, 3.05) is 13.2 Å². The third-order valence-corrected chi connectivity index (χ3v) is 3.17. The van der Waals surface area contributed by atoms with Crippen molar-refractivity contribution in [2.45, 2.75) is 38.1 Å². The summed E-state index contributed by atoms with van der Waals surface area (Å²) in [5.74, 6) is 0. The number of benzene rings is 1. The van der Waals surface area contributed by atoms with Crippen LogP contribution in [0.2, 0.25) is 0 Å². The Labute approximate surface area is 116 Å². The van der Waals surface area contributed by atoms with Gasteiger partial charge in [-0.2, -0.15) is 13.2 Å². The van der Waals surface area contributed by atoms with Crippen LogP contribution in [0.1, 0.15) is 37.0 Å². The number of halogens is 3. The molecule has 0 heterocycles. The van der Waals surface area contributed by atoms with Gasteiger partial charge in [-0.3, -0.25) is 0 Å². The predicted molar refractivity (Wildman–Crippen MR) is 70.2 cm³/mol. The Kier molecular flexibility index (Phi) is 6.45. The second-order valence-electron chi connectivity index (χ2n) is 4.66. The van der Waals surface area contributed by atoms with E-state index in [2.05, 4.69) is 5.32 Å². The zero-order chi connectivity index (χ0) is 15.2. The van der Waals surface area contributed by atoms with Crippen LogP contribution in [0.5, 0.6) is 0 Å². The number of nitrogens with one attached hydrogen (secondary N) is 1. The predicted octanol–water partition coefficient (Wildman–Crippen LogP) is 2.49. The van der Waals surface area contributed by atoms with Gasteiger partial charge in [0.2, 0.25) is 0 Å². The fourth-order valence-electron chi connectivity index (χ4n) is 1.92. The van der Waals surface area contributed by atoms with Crippen LogP contribution in [0.15, 0.2) is 24.3 Å². The van der Waals surface area contributed by atoms with Crippen LogP contribution in [-0.2, 0) is 6.18 Å². The molecule has 0 fully saturated rings. The molecule has 0 bridgehead atoms. The zero-order valence-electron chi connectivity index (χ0n) is 11.3. The van der Waals surface area contributed by atoms with Gasteiger partial charge in [0.05, 0.1) is 11.7 Å². The van der Waals surface area contributed by atoms with Gasteiger partial charge in [0, 0.05) is 19.2 Å². The van der Waals surface area contributed by atoms with Crippen LogP contribution < -0.4 is 5.32 Å². The Morgan fingerprint density at radius 2 is 2.00 bits per heavy atom. The van der Waals surface area contributed by atoms with E-state index in [0.717, 1.165) is 18.6 Å². The highest BCUT2D eigenvalue weighted by atomic mass is 19.4. The molecule has 6 heteroatoms. The maximum absolute atomic E-state index is 12.6. The first-order valence-electron chi connectivity index (χ1n) is 6.58. The van der Waals surface area contributed by atoms with Gasteiger partial charge in [0.1, 0.15) is 0 Å². The van der Waals surface area contributed by atoms with Gasteiger partial charge >= 0.3 is 6.18 Å². The number of alkyl halides is 3. The largest absolute Gasteiger partial charge is 0.416 e. The molecular formula is C14H20F3NO2. The lowest BCUT2D eigenvalue weighted by Crippen LogP contribution is -2.33. The first-order chi connectivity index (χ1) is 9.38. The average Bonchev–Trinajstić information content (AvgIpc) is 2.42. The summed E-state index contributed by atoms with van der Waals surface area (Å²) >= 11 is 0. The molecule has 0 radical (unpaired) electrons. The number of hydrogen-bond acceptors (Lipinski definition) is 3. The van der Waals surface area contributed by atoms with Crippen molar-refractivity contribution in [3.8, 4) is 0 Å². The van der Waals surface area contributed by atoms with Crippen LogP contribution in [0.4, 0.5) is 13.2 Å². The molecule has 1 rings (SSSR count). The second kappa shape index (κ2) is 7.61. The van der Waals surface area contributed by atoms with E-state index in [0.29, 0.717) is 6.42 Å². The monoisotopic (exact) mass is 291 g/mol. The van der Waals surface area contributed by atoms with Gasteiger partial charge in [-0.25, -0.2) is 0 Å². The fraction of sp³-hybridized carbons (Fsp3) is 0.571. The highest BCUT2D eigenvalue weighted by Crippen LogP contribution is 2.30. The van der Waals surface area contributed by atoms with Crippen molar-refractivity contribution in [2.24, 2.45) is 0 Å². The topological polar surface area (TPSA) is 52.5 Å². The van der Waals surface area contributed by atoms with E-state index in [1.807, 2.05) is 6.92 Å². The third-order valence-electron chi connectivity index (χ3n) is 3.17. The molecule has 1 aromatic rings. The molecular weight excluding hydrogens is 271 g/mol. The quantitative estimate of drug-likeness (QED) is 0.723. The maximum Gasteiger partial charge on any atom is 0.416 e. The van der Waals surface area contributed by atoms with Crippen LogP contribution in [0.25, 0.3) is 0 Å². The van der Waals surface area contributed by atoms with Crippen molar-refractivity contribution in [1.29, 1.82) is 0 Å². The summed E-state index contributed by atoms with van der Waals surface area (Å²) < 4.78 is 37.7. The van der Waals surface area contributed by atoms with E-state index < -0.39 is 17.8 Å². The lowest BCUT2D eigenvalue weighted by Gasteiger charge is -2.19. The Morgan fingerprint density at radius 3 is 2.55 bits per heavy atom. The SMILES string of the molecule is CCC(CCO)NCC(O)c1cccc(C(F)(F)F)c1. The van der Waals surface area contributed by atoms with Gasteiger partial charge in [-0.05, 0) is 30.5 Å². The summed E-state index contributed by atoms with van der Waals surface area (Å²) in [7, 11) is 0. The van der Waals surface area contributed by atoms with Crippen molar-refractivity contribution in [3.05, 3.63) is 35.4 Å². The minimum atomic E-state index is -4.41. The number of rotatable bonds is 7. The van der Waals surface area contributed by atoms with Gasteiger partial charge in [0.15, 0.2) is 0 Å². The third kappa shape index (κ3) is 5.11. The summed E-state index contributed by atoms with van der Waals surface area (Å²) in [5, 5.41) is 21.8. The minimum Gasteiger partial charge on any atom is -0.396 e. The summed E-state index contributed by atoms with van der Waals surface area (Å²) in [6.07, 6.45) is -4.10. The maximum atomic E-state index is 12.6.